The summed E-state index contributed by atoms with van der Waals surface area (Å²) in [6.45, 7) is 3.94. The SMILES string of the molecule is CC(C)c1ncn(CCF)n1. The van der Waals surface area contributed by atoms with Gasteiger partial charge in [0.15, 0.2) is 5.82 Å². The van der Waals surface area contributed by atoms with Crippen molar-refractivity contribution in [3.05, 3.63) is 12.2 Å². The Labute approximate surface area is 65.2 Å². The number of aromatic nitrogens is 3. The van der Waals surface area contributed by atoms with Crippen molar-refractivity contribution >= 4 is 0 Å². The van der Waals surface area contributed by atoms with Crippen LogP contribution in [0.2, 0.25) is 0 Å². The molecule has 4 heteroatoms. The summed E-state index contributed by atoms with van der Waals surface area (Å²) in [5.41, 5.74) is 0. The molecule has 0 atom stereocenters. The summed E-state index contributed by atoms with van der Waals surface area (Å²) in [5, 5.41) is 4.07. The van der Waals surface area contributed by atoms with Crippen molar-refractivity contribution in [3.8, 4) is 0 Å². The average Bonchev–Trinajstić information content (AvgIpc) is 2.37. The largest absolute Gasteiger partial charge is 0.250 e. The van der Waals surface area contributed by atoms with Gasteiger partial charge in [-0.2, -0.15) is 5.10 Å². The van der Waals surface area contributed by atoms with E-state index < -0.39 is 0 Å². The van der Waals surface area contributed by atoms with Crippen LogP contribution in [0.3, 0.4) is 0 Å². The van der Waals surface area contributed by atoms with E-state index in [4.69, 9.17) is 0 Å². The van der Waals surface area contributed by atoms with Gasteiger partial charge < -0.3 is 0 Å². The first-order chi connectivity index (χ1) is 5.24. The number of halogens is 1. The van der Waals surface area contributed by atoms with Crippen molar-refractivity contribution in [2.75, 3.05) is 6.67 Å². The summed E-state index contributed by atoms with van der Waals surface area (Å²) in [4.78, 5) is 4.02. The lowest BCUT2D eigenvalue weighted by Gasteiger charge is -1.95. The van der Waals surface area contributed by atoms with Crippen LogP contribution in [0.5, 0.6) is 0 Å². The second-order valence-corrected chi connectivity index (χ2v) is 2.71. The van der Waals surface area contributed by atoms with E-state index in [0.29, 0.717) is 12.5 Å². The fourth-order valence-electron chi connectivity index (χ4n) is 0.768. The van der Waals surface area contributed by atoms with E-state index in [1.165, 1.54) is 4.68 Å². The highest BCUT2D eigenvalue weighted by atomic mass is 19.1. The highest BCUT2D eigenvalue weighted by molar-refractivity contribution is 4.88. The van der Waals surface area contributed by atoms with Crippen LogP contribution < -0.4 is 0 Å². The molecule has 1 heterocycles. The molecule has 3 nitrogen and oxygen atoms in total. The lowest BCUT2D eigenvalue weighted by molar-refractivity contribution is 0.425. The van der Waals surface area contributed by atoms with Gasteiger partial charge in [0, 0.05) is 5.92 Å². The first-order valence-corrected chi connectivity index (χ1v) is 3.69. The van der Waals surface area contributed by atoms with Crippen molar-refractivity contribution < 1.29 is 4.39 Å². The predicted octanol–water partition coefficient (Wildman–Crippen LogP) is 1.37. The molecule has 0 N–H and O–H groups in total. The minimum Gasteiger partial charge on any atom is -0.250 e. The molecule has 11 heavy (non-hydrogen) atoms. The molecule has 0 radical (unpaired) electrons. The van der Waals surface area contributed by atoms with Crippen LogP contribution in [-0.4, -0.2) is 21.4 Å². The number of rotatable bonds is 3. The number of nitrogens with zero attached hydrogens (tertiary/aromatic N) is 3. The molecule has 0 spiro atoms. The quantitative estimate of drug-likeness (QED) is 0.663. The summed E-state index contributed by atoms with van der Waals surface area (Å²) < 4.78 is 13.3. The Balaban J connectivity index is 2.66. The van der Waals surface area contributed by atoms with Gasteiger partial charge >= 0.3 is 0 Å². The van der Waals surface area contributed by atoms with Crippen LogP contribution >= 0.6 is 0 Å². The van der Waals surface area contributed by atoms with Crippen LogP contribution in [0.4, 0.5) is 4.39 Å². The van der Waals surface area contributed by atoms with Crippen molar-refractivity contribution in [1.82, 2.24) is 14.8 Å². The van der Waals surface area contributed by atoms with E-state index in [0.717, 1.165) is 5.82 Å². The Hall–Kier alpha value is -0.930. The predicted molar refractivity (Wildman–Crippen MR) is 40.1 cm³/mol. The molecule has 0 aliphatic rings. The van der Waals surface area contributed by atoms with Gasteiger partial charge in [0.1, 0.15) is 13.0 Å². The molecular weight excluding hydrogens is 145 g/mol. The summed E-state index contributed by atoms with van der Waals surface area (Å²) in [5.74, 6) is 1.09. The maximum Gasteiger partial charge on any atom is 0.153 e. The van der Waals surface area contributed by atoms with Crippen LogP contribution in [0.1, 0.15) is 25.6 Å². The summed E-state index contributed by atoms with van der Waals surface area (Å²) in [6, 6.07) is 0. The standard InChI is InChI=1S/C7H12FN3/c1-6(2)7-9-5-11(10-7)4-3-8/h5-6H,3-4H2,1-2H3. The number of aryl methyl sites for hydroxylation is 1. The molecule has 62 valence electrons. The molecule has 0 unspecified atom stereocenters. The average molecular weight is 157 g/mol. The molecule has 0 amide bonds. The van der Waals surface area contributed by atoms with Gasteiger partial charge in [-0.3, -0.25) is 4.68 Å². The van der Waals surface area contributed by atoms with Gasteiger partial charge in [0.2, 0.25) is 0 Å². The topological polar surface area (TPSA) is 30.7 Å². The molecule has 1 rings (SSSR count). The third-order valence-electron chi connectivity index (χ3n) is 1.38. The molecule has 0 aliphatic heterocycles. The van der Waals surface area contributed by atoms with Crippen LogP contribution in [-0.2, 0) is 6.54 Å². The smallest absolute Gasteiger partial charge is 0.153 e. The minimum atomic E-state index is -0.388. The lowest BCUT2D eigenvalue weighted by Crippen LogP contribution is -2.01. The Morgan fingerprint density at radius 1 is 1.64 bits per heavy atom. The van der Waals surface area contributed by atoms with Crippen molar-refractivity contribution in [1.29, 1.82) is 0 Å². The summed E-state index contributed by atoms with van der Waals surface area (Å²) in [7, 11) is 0. The molecule has 1 aromatic heterocycles. The van der Waals surface area contributed by atoms with E-state index in [1.807, 2.05) is 13.8 Å². The second kappa shape index (κ2) is 3.46. The third-order valence-corrected chi connectivity index (χ3v) is 1.38. The Kier molecular flexibility index (Phi) is 2.57. The fraction of sp³-hybridized carbons (Fsp3) is 0.714. The monoisotopic (exact) mass is 157 g/mol. The first kappa shape index (κ1) is 8.17. The molecule has 0 aromatic carbocycles. The molecule has 0 saturated carbocycles. The Bertz CT molecular complexity index is 219. The highest BCUT2D eigenvalue weighted by Gasteiger charge is 2.03. The number of hydrogen-bond donors (Lipinski definition) is 0. The molecule has 1 aromatic rings. The summed E-state index contributed by atoms with van der Waals surface area (Å²) >= 11 is 0. The maximum atomic E-state index is 11.8. The number of alkyl halides is 1. The second-order valence-electron chi connectivity index (χ2n) is 2.71. The van der Waals surface area contributed by atoms with Crippen molar-refractivity contribution in [3.63, 3.8) is 0 Å². The summed E-state index contributed by atoms with van der Waals surface area (Å²) in [6.07, 6.45) is 1.56. The van der Waals surface area contributed by atoms with Gasteiger partial charge in [-0.05, 0) is 0 Å². The van der Waals surface area contributed by atoms with Gasteiger partial charge in [0.25, 0.3) is 0 Å². The van der Waals surface area contributed by atoms with Crippen molar-refractivity contribution in [2.24, 2.45) is 0 Å². The van der Waals surface area contributed by atoms with E-state index in [-0.39, 0.29) is 6.67 Å². The van der Waals surface area contributed by atoms with E-state index in [1.54, 1.807) is 6.33 Å². The number of hydrogen-bond acceptors (Lipinski definition) is 2. The van der Waals surface area contributed by atoms with E-state index in [2.05, 4.69) is 10.1 Å². The maximum absolute atomic E-state index is 11.8. The zero-order chi connectivity index (χ0) is 8.27. The van der Waals surface area contributed by atoms with Gasteiger partial charge in [-0.25, -0.2) is 9.37 Å². The fourth-order valence-corrected chi connectivity index (χ4v) is 0.768. The minimum absolute atomic E-state index is 0.305. The molecule has 0 bridgehead atoms. The van der Waals surface area contributed by atoms with Crippen LogP contribution in [0.25, 0.3) is 0 Å². The molecule has 0 aliphatic carbocycles. The van der Waals surface area contributed by atoms with Gasteiger partial charge in [-0.15, -0.1) is 0 Å². The normalized spacial score (nSPS) is 10.9. The Morgan fingerprint density at radius 3 is 2.82 bits per heavy atom. The highest BCUT2D eigenvalue weighted by Crippen LogP contribution is 2.06. The lowest BCUT2D eigenvalue weighted by atomic mass is 10.2. The van der Waals surface area contributed by atoms with Crippen molar-refractivity contribution in [2.45, 2.75) is 26.3 Å². The molecule has 0 saturated heterocycles. The zero-order valence-corrected chi connectivity index (χ0v) is 6.79. The van der Waals surface area contributed by atoms with E-state index >= 15 is 0 Å². The van der Waals surface area contributed by atoms with Gasteiger partial charge in [-0.1, -0.05) is 13.8 Å². The molecular formula is C7H12FN3. The van der Waals surface area contributed by atoms with Gasteiger partial charge in [0.05, 0.1) is 6.54 Å². The molecule has 0 fully saturated rings. The third kappa shape index (κ3) is 2.00. The Morgan fingerprint density at radius 2 is 2.36 bits per heavy atom. The first-order valence-electron chi connectivity index (χ1n) is 3.69. The zero-order valence-electron chi connectivity index (χ0n) is 6.79. The van der Waals surface area contributed by atoms with E-state index in [9.17, 15) is 4.39 Å². The van der Waals surface area contributed by atoms with Crippen LogP contribution in [0, 0.1) is 0 Å². The van der Waals surface area contributed by atoms with Crippen LogP contribution in [0.15, 0.2) is 6.33 Å².